The highest BCUT2D eigenvalue weighted by atomic mass is 15.0. The van der Waals surface area contributed by atoms with Crippen LogP contribution in [-0.2, 0) is 0 Å². The van der Waals surface area contributed by atoms with Crippen LogP contribution in [0.4, 0.5) is 0 Å². The minimum Gasteiger partial charge on any atom is -0.309 e. The van der Waals surface area contributed by atoms with E-state index in [1.54, 1.807) is 0 Å². The average molecular weight is 335 g/mol. The first-order chi connectivity index (χ1) is 12.6. The van der Waals surface area contributed by atoms with Crippen molar-refractivity contribution < 1.29 is 0 Å². The van der Waals surface area contributed by atoms with Crippen molar-refractivity contribution in [1.29, 1.82) is 0 Å². The Labute approximate surface area is 153 Å². The van der Waals surface area contributed by atoms with Gasteiger partial charge in [-0.3, -0.25) is 0 Å². The fourth-order valence-corrected chi connectivity index (χ4v) is 3.75. The van der Waals surface area contributed by atoms with E-state index in [4.69, 9.17) is 0 Å². The zero-order valence-electron chi connectivity index (χ0n) is 15.0. The minimum absolute atomic E-state index is 0.959. The molecule has 0 aliphatic rings. The van der Waals surface area contributed by atoms with Crippen molar-refractivity contribution in [3.05, 3.63) is 102 Å². The number of aromatic nitrogens is 1. The Hall–Kier alpha value is -3.32. The monoisotopic (exact) mass is 335 g/mol. The van der Waals surface area contributed by atoms with Gasteiger partial charge in [0.25, 0.3) is 0 Å². The van der Waals surface area contributed by atoms with Gasteiger partial charge in [0.05, 0.1) is 5.52 Å². The molecule has 0 N–H and O–H groups in total. The number of fused-ring (bicyclic) bond motifs is 3. The second-order valence-corrected chi connectivity index (χ2v) is 6.57. The molecule has 0 bridgehead atoms. The van der Waals surface area contributed by atoms with Crippen LogP contribution in [0.2, 0.25) is 0 Å². The molecule has 0 atom stereocenters. The molecule has 0 aliphatic heterocycles. The van der Waals surface area contributed by atoms with E-state index in [9.17, 15) is 0 Å². The molecule has 0 unspecified atom stereocenters. The summed E-state index contributed by atoms with van der Waals surface area (Å²) in [5.41, 5.74) is 4.32. The maximum absolute atomic E-state index is 4.45. The largest absolute Gasteiger partial charge is 0.309 e. The smallest absolute Gasteiger partial charge is 0.0619 e. The second kappa shape index (κ2) is 6.20. The lowest BCUT2D eigenvalue weighted by atomic mass is 10.0. The molecule has 4 aromatic rings. The maximum atomic E-state index is 4.45. The molecule has 1 nitrogen and oxygen atoms in total. The standard InChI is InChI=1S/C25H21N/c1-5-21(17(2)3)24-18(4)26(20-12-7-6-8-13-20)25-22-14-10-9-11-19(22)15-16-23(24)25/h5-16H,1-2,4H2,3H3/b24-21+. The molecule has 0 spiro atoms. The van der Waals surface area contributed by atoms with Crippen LogP contribution in [0.25, 0.3) is 39.5 Å². The van der Waals surface area contributed by atoms with Crippen LogP contribution in [0.15, 0.2) is 91.5 Å². The topological polar surface area (TPSA) is 4.93 Å². The van der Waals surface area contributed by atoms with Crippen LogP contribution in [0, 0.1) is 0 Å². The lowest BCUT2D eigenvalue weighted by Gasteiger charge is -2.08. The molecule has 1 heteroatoms. The van der Waals surface area contributed by atoms with Crippen LogP contribution < -0.4 is 10.6 Å². The summed E-state index contributed by atoms with van der Waals surface area (Å²) in [5.74, 6) is 0. The van der Waals surface area contributed by atoms with Gasteiger partial charge in [0.1, 0.15) is 0 Å². The lowest BCUT2D eigenvalue weighted by molar-refractivity contribution is 1.08. The molecule has 126 valence electrons. The van der Waals surface area contributed by atoms with Crippen molar-refractivity contribution in [2.45, 2.75) is 6.92 Å². The van der Waals surface area contributed by atoms with E-state index in [2.05, 4.69) is 85.0 Å². The van der Waals surface area contributed by atoms with E-state index in [1.165, 1.54) is 21.7 Å². The predicted octanol–water partition coefficient (Wildman–Crippen LogP) is 5.11. The molecule has 0 radical (unpaired) electrons. The fraction of sp³-hybridized carbons (Fsp3) is 0.0400. The van der Waals surface area contributed by atoms with Gasteiger partial charge < -0.3 is 4.57 Å². The molecule has 0 amide bonds. The minimum atomic E-state index is 0.959. The molecular weight excluding hydrogens is 314 g/mol. The quantitative estimate of drug-likeness (QED) is 0.490. The molecule has 26 heavy (non-hydrogen) atoms. The van der Waals surface area contributed by atoms with Crippen molar-refractivity contribution in [3.63, 3.8) is 0 Å². The third-order valence-corrected chi connectivity index (χ3v) is 4.90. The van der Waals surface area contributed by atoms with E-state index in [1.807, 2.05) is 19.1 Å². The summed E-state index contributed by atoms with van der Waals surface area (Å²) in [7, 11) is 0. The van der Waals surface area contributed by atoms with Gasteiger partial charge in [-0.15, -0.1) is 0 Å². The van der Waals surface area contributed by atoms with Gasteiger partial charge in [0.15, 0.2) is 0 Å². The highest BCUT2D eigenvalue weighted by Crippen LogP contribution is 2.26. The highest BCUT2D eigenvalue weighted by Gasteiger charge is 2.13. The Bertz CT molecular complexity index is 1270. The third-order valence-electron chi connectivity index (χ3n) is 4.90. The number of para-hydroxylation sites is 1. The van der Waals surface area contributed by atoms with Gasteiger partial charge in [-0.25, -0.2) is 0 Å². The van der Waals surface area contributed by atoms with Crippen molar-refractivity contribution in [2.24, 2.45) is 0 Å². The second-order valence-electron chi connectivity index (χ2n) is 6.57. The van der Waals surface area contributed by atoms with E-state index in [0.717, 1.165) is 27.4 Å². The van der Waals surface area contributed by atoms with Crippen LogP contribution in [0.5, 0.6) is 0 Å². The highest BCUT2D eigenvalue weighted by molar-refractivity contribution is 6.07. The summed E-state index contributed by atoms with van der Waals surface area (Å²) in [6.07, 6.45) is 1.89. The van der Waals surface area contributed by atoms with E-state index < -0.39 is 0 Å². The van der Waals surface area contributed by atoms with E-state index in [-0.39, 0.29) is 0 Å². The number of nitrogens with zero attached hydrogens (tertiary/aromatic N) is 1. The number of rotatable bonds is 3. The SMILES string of the molecule is C=C/C(C(=C)C)=c1/c(=C)n(-c2ccccc2)c2c1ccc1ccccc12. The molecule has 1 heterocycles. The molecule has 1 aromatic heterocycles. The normalized spacial score (nSPS) is 12.3. The molecule has 4 rings (SSSR count). The third kappa shape index (κ3) is 2.33. The zero-order chi connectivity index (χ0) is 18.3. The van der Waals surface area contributed by atoms with Crippen LogP contribution in [0.3, 0.4) is 0 Å². The Morgan fingerprint density at radius 2 is 1.58 bits per heavy atom. The maximum Gasteiger partial charge on any atom is 0.0619 e. The summed E-state index contributed by atoms with van der Waals surface area (Å²) < 4.78 is 2.25. The van der Waals surface area contributed by atoms with Gasteiger partial charge in [-0.2, -0.15) is 0 Å². The van der Waals surface area contributed by atoms with Gasteiger partial charge >= 0.3 is 0 Å². The molecule has 3 aromatic carbocycles. The summed E-state index contributed by atoms with van der Waals surface area (Å²) in [6.45, 7) is 14.6. The number of benzene rings is 3. The van der Waals surface area contributed by atoms with Gasteiger partial charge in [-0.05, 0) is 30.0 Å². The van der Waals surface area contributed by atoms with Crippen molar-refractivity contribution in [3.8, 4) is 5.69 Å². The summed E-state index contributed by atoms with van der Waals surface area (Å²) in [5, 5.41) is 5.68. The summed E-state index contributed by atoms with van der Waals surface area (Å²) >= 11 is 0. The number of allylic oxidation sites excluding steroid dienone is 2. The summed E-state index contributed by atoms with van der Waals surface area (Å²) in [6, 6.07) is 23.2. The zero-order valence-corrected chi connectivity index (χ0v) is 15.0. The van der Waals surface area contributed by atoms with E-state index >= 15 is 0 Å². The van der Waals surface area contributed by atoms with Gasteiger partial charge in [0, 0.05) is 27.0 Å². The van der Waals surface area contributed by atoms with Crippen molar-refractivity contribution in [2.75, 3.05) is 0 Å². The van der Waals surface area contributed by atoms with Gasteiger partial charge in [0.2, 0.25) is 0 Å². The van der Waals surface area contributed by atoms with Crippen molar-refractivity contribution in [1.82, 2.24) is 4.57 Å². The Morgan fingerprint density at radius 3 is 2.27 bits per heavy atom. The first-order valence-electron chi connectivity index (χ1n) is 8.72. The molecule has 0 aliphatic carbocycles. The van der Waals surface area contributed by atoms with Gasteiger partial charge in [-0.1, -0.05) is 86.0 Å². The van der Waals surface area contributed by atoms with Crippen molar-refractivity contribution >= 4 is 33.8 Å². The first kappa shape index (κ1) is 16.2. The first-order valence-corrected chi connectivity index (χ1v) is 8.72. The van der Waals surface area contributed by atoms with Crippen LogP contribution in [-0.4, -0.2) is 4.57 Å². The fourth-order valence-electron chi connectivity index (χ4n) is 3.75. The molecular formula is C25H21N. The number of hydrogen-bond acceptors (Lipinski definition) is 0. The van der Waals surface area contributed by atoms with Crippen LogP contribution in [0.1, 0.15) is 6.92 Å². The summed E-state index contributed by atoms with van der Waals surface area (Å²) in [4.78, 5) is 0. The number of hydrogen-bond donors (Lipinski definition) is 0. The molecule has 0 saturated carbocycles. The van der Waals surface area contributed by atoms with E-state index in [0.29, 0.717) is 0 Å². The average Bonchev–Trinajstić information content (AvgIpc) is 2.96. The molecule has 0 saturated heterocycles. The molecule has 0 fully saturated rings. The Balaban J connectivity index is 2.37. The lowest BCUT2D eigenvalue weighted by Crippen LogP contribution is -2.28. The Kier molecular flexibility index (Phi) is 3.85. The van der Waals surface area contributed by atoms with Crippen LogP contribution >= 0.6 is 0 Å². The Morgan fingerprint density at radius 1 is 0.885 bits per heavy atom. The predicted molar refractivity (Wildman–Crippen MR) is 114 cm³/mol.